The van der Waals surface area contributed by atoms with E-state index in [9.17, 15) is 4.39 Å². The van der Waals surface area contributed by atoms with Crippen molar-refractivity contribution in [2.45, 2.75) is 6.92 Å². The molecule has 0 atom stereocenters. The second-order valence-electron chi connectivity index (χ2n) is 3.29. The summed E-state index contributed by atoms with van der Waals surface area (Å²) in [6.07, 6.45) is 3.29. The predicted molar refractivity (Wildman–Crippen MR) is 60.8 cm³/mol. The Labute approximate surface area is 93.7 Å². The number of ether oxygens (including phenoxy) is 1. The van der Waals surface area contributed by atoms with E-state index in [1.807, 2.05) is 13.0 Å². The van der Waals surface area contributed by atoms with E-state index in [2.05, 4.69) is 4.98 Å². The van der Waals surface area contributed by atoms with Gasteiger partial charge >= 0.3 is 0 Å². The Balaban J connectivity index is 2.46. The Morgan fingerprint density at radius 1 is 1.25 bits per heavy atom. The third-order valence-electron chi connectivity index (χ3n) is 2.24. The Morgan fingerprint density at radius 3 is 2.81 bits per heavy atom. The van der Waals surface area contributed by atoms with Gasteiger partial charge in [-0.1, -0.05) is 18.2 Å². The molecule has 0 unspecified atom stereocenters. The summed E-state index contributed by atoms with van der Waals surface area (Å²) >= 11 is 0. The van der Waals surface area contributed by atoms with Crippen molar-refractivity contribution in [3.05, 3.63) is 48.5 Å². The summed E-state index contributed by atoms with van der Waals surface area (Å²) in [6, 6.07) is 8.72. The van der Waals surface area contributed by atoms with Gasteiger partial charge in [-0.15, -0.1) is 0 Å². The van der Waals surface area contributed by atoms with Crippen molar-refractivity contribution in [2.24, 2.45) is 0 Å². The number of halogens is 1. The third-order valence-corrected chi connectivity index (χ3v) is 2.24. The van der Waals surface area contributed by atoms with Crippen LogP contribution in [0.5, 0.6) is 5.75 Å². The number of hydrogen-bond acceptors (Lipinski definition) is 2. The lowest BCUT2D eigenvalue weighted by Gasteiger charge is -2.08. The number of aromatic nitrogens is 1. The van der Waals surface area contributed by atoms with Crippen LogP contribution in [-0.2, 0) is 0 Å². The molecule has 1 heterocycles. The van der Waals surface area contributed by atoms with Crippen molar-refractivity contribution in [1.82, 2.24) is 4.98 Å². The van der Waals surface area contributed by atoms with E-state index in [-0.39, 0.29) is 11.6 Å². The predicted octanol–water partition coefficient (Wildman–Crippen LogP) is 3.29. The Hall–Kier alpha value is -1.90. The van der Waals surface area contributed by atoms with Crippen LogP contribution in [0.25, 0.3) is 11.1 Å². The number of nitrogens with zero attached hydrogens (tertiary/aromatic N) is 1. The van der Waals surface area contributed by atoms with Gasteiger partial charge in [0.15, 0.2) is 11.6 Å². The quantitative estimate of drug-likeness (QED) is 0.787. The van der Waals surface area contributed by atoms with Crippen LogP contribution < -0.4 is 4.74 Å². The van der Waals surface area contributed by atoms with Crippen molar-refractivity contribution in [3.63, 3.8) is 0 Å². The lowest BCUT2D eigenvalue weighted by molar-refractivity contribution is 0.322. The van der Waals surface area contributed by atoms with Gasteiger partial charge in [-0.25, -0.2) is 4.39 Å². The van der Waals surface area contributed by atoms with E-state index in [1.54, 1.807) is 36.7 Å². The minimum atomic E-state index is -0.336. The minimum absolute atomic E-state index is 0.281. The number of hydrogen-bond donors (Lipinski definition) is 0. The topological polar surface area (TPSA) is 22.1 Å². The first-order valence-corrected chi connectivity index (χ1v) is 5.14. The number of benzene rings is 1. The van der Waals surface area contributed by atoms with Gasteiger partial charge in [0.2, 0.25) is 0 Å². The second-order valence-corrected chi connectivity index (χ2v) is 3.29. The van der Waals surface area contributed by atoms with Crippen LogP contribution in [0.4, 0.5) is 4.39 Å². The molecule has 82 valence electrons. The summed E-state index contributed by atoms with van der Waals surface area (Å²) in [4.78, 5) is 3.97. The molecule has 16 heavy (non-hydrogen) atoms. The zero-order valence-corrected chi connectivity index (χ0v) is 8.98. The molecule has 0 radical (unpaired) electrons. The van der Waals surface area contributed by atoms with Gasteiger partial charge in [0.05, 0.1) is 6.61 Å². The van der Waals surface area contributed by atoms with Crippen molar-refractivity contribution < 1.29 is 9.13 Å². The fourth-order valence-electron chi connectivity index (χ4n) is 1.52. The second kappa shape index (κ2) is 4.75. The molecule has 0 aliphatic carbocycles. The molecule has 1 aromatic heterocycles. The molecule has 0 aliphatic rings. The first-order valence-electron chi connectivity index (χ1n) is 5.14. The van der Waals surface area contributed by atoms with Gasteiger partial charge < -0.3 is 4.74 Å². The van der Waals surface area contributed by atoms with Gasteiger partial charge in [-0.05, 0) is 19.1 Å². The van der Waals surface area contributed by atoms with Gasteiger partial charge in [-0.2, -0.15) is 0 Å². The molecule has 0 bridgehead atoms. The molecule has 0 aliphatic heterocycles. The average Bonchev–Trinajstić information content (AvgIpc) is 2.33. The normalized spacial score (nSPS) is 10.1. The van der Waals surface area contributed by atoms with Gasteiger partial charge in [0.25, 0.3) is 0 Å². The zero-order valence-electron chi connectivity index (χ0n) is 8.98. The molecule has 0 fully saturated rings. The summed E-state index contributed by atoms with van der Waals surface area (Å²) in [5.41, 5.74) is 1.26. The average molecular weight is 217 g/mol. The Bertz CT molecular complexity index is 471. The molecule has 0 N–H and O–H groups in total. The molecule has 2 aromatic rings. The van der Waals surface area contributed by atoms with Crippen molar-refractivity contribution in [1.29, 1.82) is 0 Å². The molecule has 2 nitrogen and oxygen atoms in total. The van der Waals surface area contributed by atoms with E-state index in [4.69, 9.17) is 4.74 Å². The van der Waals surface area contributed by atoms with Crippen molar-refractivity contribution in [3.8, 4) is 16.9 Å². The SMILES string of the molecule is CCOc1cccc(-c2cccnc2)c1F. The molecular weight excluding hydrogens is 205 g/mol. The summed E-state index contributed by atoms with van der Waals surface area (Å²) in [5, 5.41) is 0. The van der Waals surface area contributed by atoms with Crippen LogP contribution in [0.3, 0.4) is 0 Å². The lowest BCUT2D eigenvalue weighted by atomic mass is 10.1. The molecule has 2 rings (SSSR count). The van der Waals surface area contributed by atoms with Crippen LogP contribution in [0.1, 0.15) is 6.92 Å². The van der Waals surface area contributed by atoms with Gasteiger partial charge in [-0.3, -0.25) is 4.98 Å². The molecule has 1 aromatic carbocycles. The Morgan fingerprint density at radius 2 is 2.12 bits per heavy atom. The smallest absolute Gasteiger partial charge is 0.172 e. The molecule has 3 heteroatoms. The number of rotatable bonds is 3. The standard InChI is InChI=1S/C13H12FNO/c1-2-16-12-7-3-6-11(13(12)14)10-5-4-8-15-9-10/h3-9H,2H2,1H3. The van der Waals surface area contributed by atoms with Crippen LogP contribution in [-0.4, -0.2) is 11.6 Å². The van der Waals surface area contributed by atoms with Crippen LogP contribution >= 0.6 is 0 Å². The fourth-order valence-corrected chi connectivity index (χ4v) is 1.52. The Kier molecular flexibility index (Phi) is 3.15. The fraction of sp³-hybridized carbons (Fsp3) is 0.154. The van der Waals surface area contributed by atoms with Crippen LogP contribution in [0.2, 0.25) is 0 Å². The highest BCUT2D eigenvalue weighted by atomic mass is 19.1. The summed E-state index contributed by atoms with van der Waals surface area (Å²) in [6.45, 7) is 2.28. The summed E-state index contributed by atoms with van der Waals surface area (Å²) < 4.78 is 19.2. The lowest BCUT2D eigenvalue weighted by Crippen LogP contribution is -1.96. The third kappa shape index (κ3) is 2.03. The molecule has 0 saturated carbocycles. The monoisotopic (exact) mass is 217 g/mol. The van der Waals surface area contributed by atoms with E-state index in [0.29, 0.717) is 12.2 Å². The van der Waals surface area contributed by atoms with Crippen molar-refractivity contribution in [2.75, 3.05) is 6.61 Å². The molecule has 0 saturated heterocycles. The zero-order chi connectivity index (χ0) is 11.4. The largest absolute Gasteiger partial charge is 0.491 e. The van der Waals surface area contributed by atoms with E-state index >= 15 is 0 Å². The van der Waals surface area contributed by atoms with E-state index in [1.165, 1.54) is 0 Å². The summed E-state index contributed by atoms with van der Waals surface area (Å²) in [5.74, 6) is -0.0544. The van der Waals surface area contributed by atoms with E-state index in [0.717, 1.165) is 5.56 Å². The van der Waals surface area contributed by atoms with E-state index < -0.39 is 0 Å². The van der Waals surface area contributed by atoms with Gasteiger partial charge in [0.1, 0.15) is 0 Å². The first kappa shape index (κ1) is 10.6. The molecule has 0 spiro atoms. The summed E-state index contributed by atoms with van der Waals surface area (Å²) in [7, 11) is 0. The minimum Gasteiger partial charge on any atom is -0.491 e. The maximum Gasteiger partial charge on any atom is 0.172 e. The van der Waals surface area contributed by atoms with Crippen LogP contribution in [0, 0.1) is 5.82 Å². The maximum atomic E-state index is 14.0. The molecular formula is C13H12FNO. The maximum absolute atomic E-state index is 14.0. The highest BCUT2D eigenvalue weighted by Crippen LogP contribution is 2.28. The number of pyridine rings is 1. The van der Waals surface area contributed by atoms with Crippen LogP contribution in [0.15, 0.2) is 42.7 Å². The van der Waals surface area contributed by atoms with Crippen molar-refractivity contribution >= 4 is 0 Å². The highest BCUT2D eigenvalue weighted by molar-refractivity contribution is 5.65. The highest BCUT2D eigenvalue weighted by Gasteiger charge is 2.10. The molecule has 0 amide bonds. The first-order chi connectivity index (χ1) is 7.83. The van der Waals surface area contributed by atoms with Gasteiger partial charge in [0, 0.05) is 23.5 Å².